The van der Waals surface area contributed by atoms with Crippen molar-refractivity contribution in [1.82, 2.24) is 4.72 Å². The van der Waals surface area contributed by atoms with Crippen molar-refractivity contribution in [2.75, 3.05) is 13.2 Å². The Kier molecular flexibility index (Phi) is 4.53. The molecule has 0 saturated heterocycles. The first-order chi connectivity index (χ1) is 7.06. The number of hydrogen-bond acceptors (Lipinski definition) is 4. The molecule has 0 atom stereocenters. The second kappa shape index (κ2) is 5.46. The maximum absolute atomic E-state index is 11.3. The van der Waals surface area contributed by atoms with Crippen molar-refractivity contribution in [1.29, 1.82) is 0 Å². The highest BCUT2D eigenvalue weighted by Crippen LogP contribution is 2.27. The summed E-state index contributed by atoms with van der Waals surface area (Å²) in [4.78, 5) is 10.9. The Morgan fingerprint density at radius 3 is 2.67 bits per heavy atom. The third kappa shape index (κ3) is 4.61. The van der Waals surface area contributed by atoms with E-state index in [4.69, 9.17) is 4.74 Å². The molecule has 1 aliphatic carbocycles. The summed E-state index contributed by atoms with van der Waals surface area (Å²) in [5, 5.41) is -0.194. The molecule has 6 heteroatoms. The average molecular weight is 235 g/mol. The Morgan fingerprint density at radius 2 is 2.13 bits per heavy atom. The molecule has 0 heterocycles. The molecule has 0 aromatic rings. The number of sulfonamides is 1. The van der Waals surface area contributed by atoms with Gasteiger partial charge in [0, 0.05) is 13.0 Å². The predicted octanol–water partition coefficient (Wildman–Crippen LogP) is 0.412. The Hall–Kier alpha value is -0.620. The molecule has 5 nitrogen and oxygen atoms in total. The van der Waals surface area contributed by atoms with Gasteiger partial charge >= 0.3 is 5.97 Å². The lowest BCUT2D eigenvalue weighted by molar-refractivity contribution is -0.143. The summed E-state index contributed by atoms with van der Waals surface area (Å²) in [7, 11) is -3.10. The van der Waals surface area contributed by atoms with Crippen molar-refractivity contribution in [3.05, 3.63) is 0 Å². The summed E-state index contributed by atoms with van der Waals surface area (Å²) in [6, 6.07) is 0. The maximum atomic E-state index is 11.3. The van der Waals surface area contributed by atoms with Gasteiger partial charge in [0.25, 0.3) is 0 Å². The van der Waals surface area contributed by atoms with Crippen LogP contribution in [0.2, 0.25) is 0 Å². The molecule has 1 fully saturated rings. The first-order valence-corrected chi connectivity index (χ1v) is 6.75. The van der Waals surface area contributed by atoms with E-state index < -0.39 is 10.0 Å². The van der Waals surface area contributed by atoms with E-state index in [0.717, 1.165) is 12.8 Å². The Balaban J connectivity index is 2.08. The summed E-state index contributed by atoms with van der Waals surface area (Å²) in [5.74, 6) is -0.275. The Bertz CT molecular complexity index is 308. The van der Waals surface area contributed by atoms with E-state index in [0.29, 0.717) is 19.6 Å². The molecule has 15 heavy (non-hydrogen) atoms. The molecule has 1 saturated carbocycles. The van der Waals surface area contributed by atoms with E-state index in [1.165, 1.54) is 0 Å². The van der Waals surface area contributed by atoms with Gasteiger partial charge in [0.05, 0.1) is 11.9 Å². The summed E-state index contributed by atoms with van der Waals surface area (Å²) in [6.07, 6.45) is 2.27. The van der Waals surface area contributed by atoms with E-state index in [-0.39, 0.29) is 17.6 Å². The monoisotopic (exact) mass is 235 g/mol. The largest absolute Gasteiger partial charge is 0.466 e. The molecule has 0 bridgehead atoms. The number of hydrogen-bond donors (Lipinski definition) is 1. The second-order valence-corrected chi connectivity index (χ2v) is 5.59. The molecule has 0 spiro atoms. The van der Waals surface area contributed by atoms with Crippen molar-refractivity contribution >= 4 is 16.0 Å². The van der Waals surface area contributed by atoms with Crippen LogP contribution in [-0.2, 0) is 19.6 Å². The number of carbonyl (C=O) groups excluding carboxylic acids is 1. The second-order valence-electron chi connectivity index (χ2n) is 3.55. The van der Waals surface area contributed by atoms with Crippen LogP contribution in [0.5, 0.6) is 0 Å². The lowest BCUT2D eigenvalue weighted by Crippen LogP contribution is -2.28. The summed E-state index contributed by atoms with van der Waals surface area (Å²) < 4.78 is 29.9. The van der Waals surface area contributed by atoms with E-state index in [2.05, 4.69) is 4.72 Å². The van der Waals surface area contributed by atoms with Crippen LogP contribution in [0, 0.1) is 0 Å². The molecular formula is C9H17NO4S. The van der Waals surface area contributed by atoms with Gasteiger partial charge in [0.15, 0.2) is 0 Å². The minimum Gasteiger partial charge on any atom is -0.466 e. The van der Waals surface area contributed by atoms with Crippen LogP contribution >= 0.6 is 0 Å². The normalized spacial score (nSPS) is 16.3. The minimum absolute atomic E-state index is 0.194. The van der Waals surface area contributed by atoms with Crippen molar-refractivity contribution in [3.63, 3.8) is 0 Å². The highest BCUT2D eigenvalue weighted by molar-refractivity contribution is 7.90. The van der Waals surface area contributed by atoms with Crippen LogP contribution in [0.3, 0.4) is 0 Å². The van der Waals surface area contributed by atoms with Crippen LogP contribution in [0.25, 0.3) is 0 Å². The van der Waals surface area contributed by atoms with E-state index >= 15 is 0 Å². The fourth-order valence-corrected chi connectivity index (χ4v) is 2.60. The highest BCUT2D eigenvalue weighted by Gasteiger charge is 2.35. The van der Waals surface area contributed by atoms with E-state index in [1.807, 2.05) is 0 Å². The summed E-state index contributed by atoms with van der Waals surface area (Å²) >= 11 is 0. The lowest BCUT2D eigenvalue weighted by atomic mass is 10.3. The maximum Gasteiger partial charge on any atom is 0.305 e. The first kappa shape index (κ1) is 12.4. The van der Waals surface area contributed by atoms with Gasteiger partial charge in [-0.25, -0.2) is 13.1 Å². The predicted molar refractivity (Wildman–Crippen MR) is 55.8 cm³/mol. The molecule has 0 radical (unpaired) electrons. The lowest BCUT2D eigenvalue weighted by Gasteiger charge is -2.04. The quantitative estimate of drug-likeness (QED) is 0.512. The van der Waals surface area contributed by atoms with Crippen LogP contribution in [-0.4, -0.2) is 32.8 Å². The molecule has 0 unspecified atom stereocenters. The van der Waals surface area contributed by atoms with Gasteiger partial charge in [-0.3, -0.25) is 4.79 Å². The SMILES string of the molecule is CCOC(=O)CCCNS(=O)(=O)C1CC1. The van der Waals surface area contributed by atoms with Crippen LogP contribution in [0.4, 0.5) is 0 Å². The van der Waals surface area contributed by atoms with Crippen molar-refractivity contribution in [2.24, 2.45) is 0 Å². The van der Waals surface area contributed by atoms with E-state index in [9.17, 15) is 13.2 Å². The van der Waals surface area contributed by atoms with Gasteiger partial charge in [0.2, 0.25) is 10.0 Å². The standard InChI is InChI=1S/C9H17NO4S/c1-2-14-9(11)4-3-7-10-15(12,13)8-5-6-8/h8,10H,2-7H2,1H3. The van der Waals surface area contributed by atoms with Crippen LogP contribution in [0.15, 0.2) is 0 Å². The summed E-state index contributed by atoms with van der Waals surface area (Å²) in [5.41, 5.74) is 0. The van der Waals surface area contributed by atoms with Gasteiger partial charge in [-0.1, -0.05) is 0 Å². The zero-order valence-corrected chi connectivity index (χ0v) is 9.68. The number of esters is 1. The molecule has 1 rings (SSSR count). The molecule has 0 aliphatic heterocycles. The average Bonchev–Trinajstić information content (AvgIpc) is 2.96. The van der Waals surface area contributed by atoms with Gasteiger partial charge in [-0.15, -0.1) is 0 Å². The van der Waals surface area contributed by atoms with E-state index in [1.54, 1.807) is 6.92 Å². The number of rotatable bonds is 7. The molecule has 0 aromatic carbocycles. The van der Waals surface area contributed by atoms with Gasteiger partial charge in [-0.05, 0) is 26.2 Å². The Morgan fingerprint density at radius 1 is 1.47 bits per heavy atom. The van der Waals surface area contributed by atoms with Crippen molar-refractivity contribution < 1.29 is 17.9 Å². The zero-order valence-electron chi connectivity index (χ0n) is 8.86. The van der Waals surface area contributed by atoms with Crippen LogP contribution in [0.1, 0.15) is 32.6 Å². The molecule has 88 valence electrons. The van der Waals surface area contributed by atoms with Gasteiger partial charge in [-0.2, -0.15) is 0 Å². The van der Waals surface area contributed by atoms with Gasteiger partial charge in [0.1, 0.15) is 0 Å². The van der Waals surface area contributed by atoms with Gasteiger partial charge < -0.3 is 4.74 Å². The summed E-state index contributed by atoms with van der Waals surface area (Å²) in [6.45, 7) is 2.43. The fraction of sp³-hybridized carbons (Fsp3) is 0.889. The first-order valence-electron chi connectivity index (χ1n) is 5.20. The van der Waals surface area contributed by atoms with Crippen molar-refractivity contribution in [2.45, 2.75) is 37.9 Å². The molecule has 0 amide bonds. The fourth-order valence-electron chi connectivity index (χ4n) is 1.18. The topological polar surface area (TPSA) is 72.5 Å². The highest BCUT2D eigenvalue weighted by atomic mass is 32.2. The zero-order chi connectivity index (χ0) is 11.3. The molecule has 0 aromatic heterocycles. The minimum atomic E-state index is -3.10. The molecule has 1 N–H and O–H groups in total. The van der Waals surface area contributed by atoms with Crippen molar-refractivity contribution in [3.8, 4) is 0 Å². The molecule has 1 aliphatic rings. The number of nitrogens with one attached hydrogen (secondary N) is 1. The number of ether oxygens (including phenoxy) is 1. The third-order valence-corrected chi connectivity index (χ3v) is 4.09. The van der Waals surface area contributed by atoms with Crippen LogP contribution < -0.4 is 4.72 Å². The Labute approximate surface area is 90.2 Å². The smallest absolute Gasteiger partial charge is 0.305 e. The number of carbonyl (C=O) groups is 1. The third-order valence-electron chi connectivity index (χ3n) is 2.13. The molecular weight excluding hydrogens is 218 g/mol.